The fourth-order valence-corrected chi connectivity index (χ4v) is 4.76. The minimum Gasteiger partial charge on any atom is -0.354 e. The summed E-state index contributed by atoms with van der Waals surface area (Å²) in [6.07, 6.45) is 4.64. The van der Waals surface area contributed by atoms with Crippen molar-refractivity contribution in [3.8, 4) is 17.3 Å². The van der Waals surface area contributed by atoms with Gasteiger partial charge in [0.05, 0.1) is 16.5 Å². The predicted molar refractivity (Wildman–Crippen MR) is 131 cm³/mol. The molecule has 0 radical (unpaired) electrons. The number of hydrogen-bond acceptors (Lipinski definition) is 7. The largest absolute Gasteiger partial charge is 0.354 e. The number of nitrogens with zero attached hydrogens (tertiary/aromatic N) is 6. The molecule has 1 aromatic carbocycles. The van der Waals surface area contributed by atoms with E-state index in [1.165, 1.54) is 0 Å². The Labute approximate surface area is 202 Å². The number of benzene rings is 1. The minimum atomic E-state index is -0.0388. The molecule has 0 unspecified atom stereocenters. The Bertz CT molecular complexity index is 1440. The van der Waals surface area contributed by atoms with Crippen molar-refractivity contribution in [1.82, 2.24) is 20.0 Å². The highest BCUT2D eigenvalue weighted by Crippen LogP contribution is 2.41. The highest BCUT2D eigenvalue weighted by molar-refractivity contribution is 6.09. The van der Waals surface area contributed by atoms with E-state index in [2.05, 4.69) is 21.1 Å². The molecule has 1 saturated heterocycles. The van der Waals surface area contributed by atoms with E-state index in [1.807, 2.05) is 41.3 Å². The maximum Gasteiger partial charge on any atom is 0.259 e. The standard InChI is InChI=1S/C27H24N6O2/c28-17-20-8-4-11-29-25(20)32-12-5-13-33(15-14-32)27(34)21-16-22(18-9-10-18)30-26-23(21)24(31-35-26)19-6-2-1-3-7-19/h1-4,6-8,11,16,18H,5,9-10,12-15H2. The van der Waals surface area contributed by atoms with Crippen LogP contribution in [-0.2, 0) is 0 Å². The van der Waals surface area contributed by atoms with Crippen LogP contribution in [0, 0.1) is 11.3 Å². The first kappa shape index (κ1) is 21.3. The molecule has 0 spiro atoms. The van der Waals surface area contributed by atoms with Crippen molar-refractivity contribution < 1.29 is 9.32 Å². The van der Waals surface area contributed by atoms with Crippen LogP contribution in [0.5, 0.6) is 0 Å². The topological polar surface area (TPSA) is 99.2 Å². The summed E-state index contributed by atoms with van der Waals surface area (Å²) in [4.78, 5) is 27.1. The van der Waals surface area contributed by atoms with E-state index in [0.29, 0.717) is 59.3 Å². The number of nitriles is 1. The van der Waals surface area contributed by atoms with Gasteiger partial charge in [-0.2, -0.15) is 5.26 Å². The van der Waals surface area contributed by atoms with E-state index in [0.717, 1.165) is 37.1 Å². The van der Waals surface area contributed by atoms with Crippen LogP contribution in [0.3, 0.4) is 0 Å². The van der Waals surface area contributed by atoms with Crippen LogP contribution < -0.4 is 4.90 Å². The van der Waals surface area contributed by atoms with E-state index < -0.39 is 0 Å². The number of carbonyl (C=O) groups is 1. The molecule has 6 rings (SSSR count). The van der Waals surface area contributed by atoms with Crippen LogP contribution in [0.4, 0.5) is 5.82 Å². The number of aromatic nitrogens is 3. The molecule has 35 heavy (non-hydrogen) atoms. The summed E-state index contributed by atoms with van der Waals surface area (Å²) >= 11 is 0. The third-order valence-electron chi connectivity index (χ3n) is 6.73. The average molecular weight is 465 g/mol. The maximum atomic E-state index is 14.0. The van der Waals surface area contributed by atoms with Crippen LogP contribution in [0.1, 0.15) is 46.8 Å². The Balaban J connectivity index is 1.35. The monoisotopic (exact) mass is 464 g/mol. The SMILES string of the molecule is N#Cc1cccnc1N1CCCN(C(=O)c2cc(C3CC3)nc3onc(-c4ccccc4)c23)CC1. The van der Waals surface area contributed by atoms with E-state index in [1.54, 1.807) is 18.3 Å². The second kappa shape index (κ2) is 8.84. The molecule has 4 heterocycles. The molecule has 0 bridgehead atoms. The molecular formula is C27H24N6O2. The lowest BCUT2D eigenvalue weighted by atomic mass is 10.0. The highest BCUT2D eigenvalue weighted by atomic mass is 16.5. The average Bonchev–Trinajstić information content (AvgIpc) is 3.71. The second-order valence-electron chi connectivity index (χ2n) is 9.07. The Morgan fingerprint density at radius 2 is 1.91 bits per heavy atom. The first-order valence-corrected chi connectivity index (χ1v) is 12.0. The van der Waals surface area contributed by atoms with Gasteiger partial charge in [0.2, 0.25) is 0 Å². The molecule has 1 aliphatic heterocycles. The van der Waals surface area contributed by atoms with Crippen LogP contribution in [0.2, 0.25) is 0 Å². The van der Waals surface area contributed by atoms with Gasteiger partial charge in [-0.05, 0) is 37.5 Å². The molecule has 174 valence electrons. The lowest BCUT2D eigenvalue weighted by Gasteiger charge is -2.23. The van der Waals surface area contributed by atoms with Gasteiger partial charge >= 0.3 is 0 Å². The lowest BCUT2D eigenvalue weighted by Crippen LogP contribution is -2.35. The number of anilines is 1. The number of amides is 1. The highest BCUT2D eigenvalue weighted by Gasteiger charge is 2.31. The minimum absolute atomic E-state index is 0.0388. The Morgan fingerprint density at radius 3 is 2.71 bits per heavy atom. The van der Waals surface area contributed by atoms with Gasteiger partial charge in [-0.3, -0.25) is 4.79 Å². The molecule has 1 aliphatic carbocycles. The quantitative estimate of drug-likeness (QED) is 0.442. The molecule has 4 aromatic rings. The zero-order valence-corrected chi connectivity index (χ0v) is 19.2. The van der Waals surface area contributed by atoms with Crippen molar-refractivity contribution in [1.29, 1.82) is 5.26 Å². The van der Waals surface area contributed by atoms with Crippen molar-refractivity contribution in [2.75, 3.05) is 31.1 Å². The van der Waals surface area contributed by atoms with Crippen molar-refractivity contribution >= 4 is 22.8 Å². The fourth-order valence-electron chi connectivity index (χ4n) is 4.76. The Kier molecular flexibility index (Phi) is 5.38. The first-order chi connectivity index (χ1) is 17.2. The number of pyridine rings is 2. The summed E-state index contributed by atoms with van der Waals surface area (Å²) in [6, 6.07) is 17.5. The molecule has 2 fully saturated rings. The van der Waals surface area contributed by atoms with Gasteiger partial charge in [-0.1, -0.05) is 35.5 Å². The fraction of sp³-hybridized carbons (Fsp3) is 0.296. The van der Waals surface area contributed by atoms with Gasteiger partial charge in [0.25, 0.3) is 11.6 Å². The molecule has 8 heteroatoms. The zero-order valence-electron chi connectivity index (χ0n) is 19.2. The molecule has 0 N–H and O–H groups in total. The number of rotatable bonds is 4. The van der Waals surface area contributed by atoms with E-state index in [4.69, 9.17) is 9.51 Å². The molecule has 2 aliphatic rings. The van der Waals surface area contributed by atoms with Gasteiger partial charge < -0.3 is 14.3 Å². The summed E-state index contributed by atoms with van der Waals surface area (Å²) in [7, 11) is 0. The van der Waals surface area contributed by atoms with E-state index >= 15 is 0 Å². The van der Waals surface area contributed by atoms with E-state index in [9.17, 15) is 10.1 Å². The molecular weight excluding hydrogens is 440 g/mol. The lowest BCUT2D eigenvalue weighted by molar-refractivity contribution is 0.0768. The maximum absolute atomic E-state index is 14.0. The Morgan fingerprint density at radius 1 is 1.06 bits per heavy atom. The number of fused-ring (bicyclic) bond motifs is 1. The Hall–Kier alpha value is -4.25. The molecule has 0 atom stereocenters. The first-order valence-electron chi connectivity index (χ1n) is 12.0. The molecule has 1 saturated carbocycles. The van der Waals surface area contributed by atoms with Crippen molar-refractivity contribution in [2.24, 2.45) is 0 Å². The summed E-state index contributed by atoms with van der Waals surface area (Å²) in [6.45, 7) is 2.50. The molecule has 3 aromatic heterocycles. The van der Waals surface area contributed by atoms with E-state index in [-0.39, 0.29) is 5.91 Å². The summed E-state index contributed by atoms with van der Waals surface area (Å²) < 4.78 is 5.65. The van der Waals surface area contributed by atoms with Gasteiger partial charge in [0, 0.05) is 49.6 Å². The normalized spacial score (nSPS) is 16.2. The predicted octanol–water partition coefficient (Wildman–Crippen LogP) is 4.39. The van der Waals surface area contributed by atoms with Crippen LogP contribution >= 0.6 is 0 Å². The third kappa shape index (κ3) is 3.99. The number of carbonyl (C=O) groups excluding carboxylic acids is 1. The molecule has 8 nitrogen and oxygen atoms in total. The summed E-state index contributed by atoms with van der Waals surface area (Å²) in [5.74, 6) is 1.02. The second-order valence-corrected chi connectivity index (χ2v) is 9.07. The third-order valence-corrected chi connectivity index (χ3v) is 6.73. The van der Waals surface area contributed by atoms with Crippen molar-refractivity contribution in [3.05, 3.63) is 71.5 Å². The molecule has 1 amide bonds. The van der Waals surface area contributed by atoms with Crippen molar-refractivity contribution in [2.45, 2.75) is 25.2 Å². The smallest absolute Gasteiger partial charge is 0.259 e. The van der Waals surface area contributed by atoms with Gasteiger partial charge in [0.15, 0.2) is 0 Å². The van der Waals surface area contributed by atoms with Gasteiger partial charge in [-0.25, -0.2) is 9.97 Å². The van der Waals surface area contributed by atoms with Crippen LogP contribution in [0.15, 0.2) is 59.3 Å². The zero-order chi connectivity index (χ0) is 23.8. The summed E-state index contributed by atoms with van der Waals surface area (Å²) in [5.41, 5.74) is 4.00. The van der Waals surface area contributed by atoms with Gasteiger partial charge in [0.1, 0.15) is 17.6 Å². The number of hydrogen-bond donors (Lipinski definition) is 0. The van der Waals surface area contributed by atoms with Gasteiger partial charge in [-0.15, -0.1) is 0 Å². The van der Waals surface area contributed by atoms with Crippen molar-refractivity contribution in [3.63, 3.8) is 0 Å². The summed E-state index contributed by atoms with van der Waals surface area (Å²) in [5, 5.41) is 14.5. The van der Waals surface area contributed by atoms with Crippen LogP contribution in [-0.4, -0.2) is 52.1 Å². The van der Waals surface area contributed by atoms with Crippen LogP contribution in [0.25, 0.3) is 22.4 Å².